The Hall–Kier alpha value is -2.27. The first-order valence-electron chi connectivity index (χ1n) is 5.92. The van der Waals surface area contributed by atoms with Gasteiger partial charge in [-0.2, -0.15) is 0 Å². The minimum absolute atomic E-state index is 0.211. The maximum absolute atomic E-state index is 13.2. The van der Waals surface area contributed by atoms with E-state index in [0.717, 1.165) is 5.56 Å². The fraction of sp³-hybridized carbons (Fsp3) is 0.143. The van der Waals surface area contributed by atoms with E-state index >= 15 is 0 Å². The van der Waals surface area contributed by atoms with Crippen molar-refractivity contribution < 1.29 is 9.18 Å². The Morgan fingerprint density at radius 3 is 2.74 bits per heavy atom. The number of pyridine rings is 1. The van der Waals surface area contributed by atoms with Crippen LogP contribution in [0.25, 0.3) is 0 Å². The highest BCUT2D eigenvalue weighted by Crippen LogP contribution is 2.35. The van der Waals surface area contributed by atoms with Crippen LogP contribution in [0.15, 0.2) is 42.7 Å². The van der Waals surface area contributed by atoms with Crippen molar-refractivity contribution in [2.45, 2.75) is 12.6 Å². The van der Waals surface area contributed by atoms with Gasteiger partial charge in [-0.1, -0.05) is 0 Å². The molecule has 1 aromatic carbocycles. The number of carbonyl (C=O) groups excluding carboxylic acids is 1. The van der Waals surface area contributed by atoms with E-state index in [4.69, 9.17) is 5.73 Å². The quantitative estimate of drug-likeness (QED) is 0.892. The summed E-state index contributed by atoms with van der Waals surface area (Å²) in [5, 5.41) is 0. The number of nitrogens with zero attached hydrogens (tertiary/aromatic N) is 2. The van der Waals surface area contributed by atoms with Crippen molar-refractivity contribution in [2.24, 2.45) is 5.73 Å². The predicted octanol–water partition coefficient (Wildman–Crippen LogP) is 1.77. The number of hydrogen-bond acceptors (Lipinski definition) is 3. The molecule has 1 aromatic heterocycles. The van der Waals surface area contributed by atoms with E-state index in [1.807, 2.05) is 12.1 Å². The van der Waals surface area contributed by atoms with Gasteiger partial charge in [0.05, 0.1) is 6.54 Å². The number of rotatable bonds is 2. The smallest absolute Gasteiger partial charge is 0.248 e. The highest BCUT2D eigenvalue weighted by molar-refractivity contribution is 6.04. The van der Waals surface area contributed by atoms with Crippen molar-refractivity contribution in [3.05, 3.63) is 59.7 Å². The Labute approximate surface area is 109 Å². The molecule has 4 nitrogen and oxygen atoms in total. The summed E-state index contributed by atoms with van der Waals surface area (Å²) < 4.78 is 13.2. The second-order valence-corrected chi connectivity index (χ2v) is 4.46. The number of nitrogens with two attached hydrogens (primary N) is 1. The van der Waals surface area contributed by atoms with E-state index in [9.17, 15) is 9.18 Å². The molecular formula is C14H12FN3O. The molecule has 2 N–H and O–H groups in total. The molecule has 96 valence electrons. The molecule has 5 heteroatoms. The van der Waals surface area contributed by atoms with Crippen LogP contribution in [-0.2, 0) is 11.3 Å². The lowest BCUT2D eigenvalue weighted by Gasteiger charge is -2.17. The molecule has 2 heterocycles. The first-order chi connectivity index (χ1) is 9.16. The minimum Gasteiger partial charge on any atom is -0.316 e. The Morgan fingerprint density at radius 2 is 2.00 bits per heavy atom. The lowest BCUT2D eigenvalue weighted by Crippen LogP contribution is -2.31. The van der Waals surface area contributed by atoms with Gasteiger partial charge in [-0.05, 0) is 35.9 Å². The molecule has 1 aliphatic heterocycles. The zero-order valence-electron chi connectivity index (χ0n) is 10.1. The molecule has 19 heavy (non-hydrogen) atoms. The van der Waals surface area contributed by atoms with Crippen molar-refractivity contribution in [2.75, 3.05) is 4.90 Å². The summed E-state index contributed by atoms with van der Waals surface area (Å²) >= 11 is 0. The molecule has 3 rings (SSSR count). The molecule has 1 amide bonds. The summed E-state index contributed by atoms with van der Waals surface area (Å²) in [6, 6.07) is 7.14. The fourth-order valence-electron chi connectivity index (χ4n) is 2.27. The van der Waals surface area contributed by atoms with E-state index < -0.39 is 6.04 Å². The molecule has 1 aliphatic rings. The van der Waals surface area contributed by atoms with Gasteiger partial charge >= 0.3 is 0 Å². The van der Waals surface area contributed by atoms with Gasteiger partial charge in [-0.25, -0.2) is 4.39 Å². The summed E-state index contributed by atoms with van der Waals surface area (Å²) in [5.74, 6) is -0.592. The molecule has 0 aliphatic carbocycles. The van der Waals surface area contributed by atoms with E-state index in [-0.39, 0.29) is 11.7 Å². The number of amides is 1. The van der Waals surface area contributed by atoms with Crippen LogP contribution in [0.4, 0.5) is 10.1 Å². The molecule has 0 spiro atoms. The SMILES string of the molecule is NC1C(=O)N(Cc2ccncc2)c2ccc(F)cc21. The zero-order valence-corrected chi connectivity index (χ0v) is 10.1. The molecule has 0 saturated heterocycles. The van der Waals surface area contributed by atoms with Crippen LogP contribution >= 0.6 is 0 Å². The molecule has 0 bridgehead atoms. The third kappa shape index (κ3) is 1.98. The van der Waals surface area contributed by atoms with Gasteiger partial charge in [0, 0.05) is 23.6 Å². The Morgan fingerprint density at radius 1 is 1.26 bits per heavy atom. The standard InChI is InChI=1S/C14H12FN3O/c15-10-1-2-12-11(7-10)13(16)14(19)18(12)8-9-3-5-17-6-4-9/h1-7,13H,8,16H2. The average molecular weight is 257 g/mol. The zero-order chi connectivity index (χ0) is 13.4. The number of halogens is 1. The molecule has 0 fully saturated rings. The molecular weight excluding hydrogens is 245 g/mol. The van der Waals surface area contributed by atoms with E-state index in [1.54, 1.807) is 23.4 Å². The lowest BCUT2D eigenvalue weighted by molar-refractivity contribution is -0.119. The minimum atomic E-state index is -0.785. The van der Waals surface area contributed by atoms with Crippen LogP contribution in [0.5, 0.6) is 0 Å². The lowest BCUT2D eigenvalue weighted by atomic mass is 10.1. The van der Waals surface area contributed by atoms with Crippen LogP contribution in [0.1, 0.15) is 17.2 Å². The van der Waals surface area contributed by atoms with Crippen molar-refractivity contribution in [1.29, 1.82) is 0 Å². The monoisotopic (exact) mass is 257 g/mol. The highest BCUT2D eigenvalue weighted by Gasteiger charge is 2.34. The maximum atomic E-state index is 13.2. The predicted molar refractivity (Wildman–Crippen MR) is 68.8 cm³/mol. The second kappa shape index (κ2) is 4.44. The number of hydrogen-bond donors (Lipinski definition) is 1. The number of anilines is 1. The van der Waals surface area contributed by atoms with Gasteiger partial charge in [-0.15, -0.1) is 0 Å². The third-order valence-corrected chi connectivity index (χ3v) is 3.24. The summed E-state index contributed by atoms with van der Waals surface area (Å²) in [6.07, 6.45) is 3.34. The molecule has 1 unspecified atom stereocenters. The number of aromatic nitrogens is 1. The summed E-state index contributed by atoms with van der Waals surface area (Å²) in [7, 11) is 0. The maximum Gasteiger partial charge on any atom is 0.248 e. The molecule has 1 atom stereocenters. The largest absolute Gasteiger partial charge is 0.316 e. The van der Waals surface area contributed by atoms with E-state index in [2.05, 4.69) is 4.98 Å². The van der Waals surface area contributed by atoms with Crippen molar-refractivity contribution >= 4 is 11.6 Å². The Bertz CT molecular complexity index is 630. The van der Waals surface area contributed by atoms with Crippen LogP contribution < -0.4 is 10.6 Å². The van der Waals surface area contributed by atoms with Crippen LogP contribution in [0.3, 0.4) is 0 Å². The number of carbonyl (C=O) groups is 1. The number of benzene rings is 1. The summed E-state index contributed by atoms with van der Waals surface area (Å²) in [6.45, 7) is 0.410. The Kier molecular flexibility index (Phi) is 2.76. The first kappa shape index (κ1) is 11.8. The first-order valence-corrected chi connectivity index (χ1v) is 5.92. The molecule has 0 saturated carbocycles. The van der Waals surface area contributed by atoms with E-state index in [0.29, 0.717) is 17.8 Å². The topological polar surface area (TPSA) is 59.2 Å². The van der Waals surface area contributed by atoms with Crippen LogP contribution in [0, 0.1) is 5.82 Å². The van der Waals surface area contributed by atoms with E-state index in [1.165, 1.54) is 12.1 Å². The van der Waals surface area contributed by atoms with Gasteiger partial charge in [-0.3, -0.25) is 9.78 Å². The Balaban J connectivity index is 1.98. The normalized spacial score (nSPS) is 17.7. The van der Waals surface area contributed by atoms with Gasteiger partial charge in [0.1, 0.15) is 11.9 Å². The van der Waals surface area contributed by atoms with Crippen molar-refractivity contribution in [3.8, 4) is 0 Å². The van der Waals surface area contributed by atoms with Gasteiger partial charge < -0.3 is 10.6 Å². The van der Waals surface area contributed by atoms with Crippen LogP contribution in [-0.4, -0.2) is 10.9 Å². The van der Waals surface area contributed by atoms with Crippen molar-refractivity contribution in [1.82, 2.24) is 4.98 Å². The second-order valence-electron chi connectivity index (χ2n) is 4.46. The van der Waals surface area contributed by atoms with Gasteiger partial charge in [0.25, 0.3) is 0 Å². The van der Waals surface area contributed by atoms with Crippen LogP contribution in [0.2, 0.25) is 0 Å². The van der Waals surface area contributed by atoms with Crippen molar-refractivity contribution in [3.63, 3.8) is 0 Å². The van der Waals surface area contributed by atoms with Gasteiger partial charge in [0.15, 0.2) is 0 Å². The number of fused-ring (bicyclic) bond motifs is 1. The molecule has 0 radical (unpaired) electrons. The summed E-state index contributed by atoms with van der Waals surface area (Å²) in [4.78, 5) is 17.7. The third-order valence-electron chi connectivity index (χ3n) is 3.24. The summed E-state index contributed by atoms with van der Waals surface area (Å²) in [5.41, 5.74) is 8.00. The van der Waals surface area contributed by atoms with Gasteiger partial charge in [0.2, 0.25) is 5.91 Å². The fourth-order valence-corrected chi connectivity index (χ4v) is 2.27. The highest BCUT2D eigenvalue weighted by atomic mass is 19.1. The molecule has 2 aromatic rings. The average Bonchev–Trinajstić information content (AvgIpc) is 2.65.